The lowest BCUT2D eigenvalue weighted by molar-refractivity contribution is -0.121. The Bertz CT molecular complexity index is 807. The number of carbonyl (C=O) groups is 2. The molecule has 2 aromatic rings. The molecule has 0 bridgehead atoms. The number of anilines is 2. The molecule has 1 atom stereocenters. The Kier molecular flexibility index (Phi) is 4.44. The van der Waals surface area contributed by atoms with Crippen LogP contribution in [0.3, 0.4) is 0 Å². The van der Waals surface area contributed by atoms with E-state index in [-0.39, 0.29) is 18.2 Å². The Balaban J connectivity index is 1.82. The monoisotopic (exact) mass is 344 g/mol. The van der Waals surface area contributed by atoms with E-state index in [0.717, 1.165) is 11.3 Å². The highest BCUT2D eigenvalue weighted by molar-refractivity contribution is 6.33. The van der Waals surface area contributed by atoms with E-state index in [4.69, 9.17) is 16.3 Å². The first-order valence-corrected chi connectivity index (χ1v) is 7.91. The van der Waals surface area contributed by atoms with Gasteiger partial charge >= 0.3 is 0 Å². The number of hydrogen-bond acceptors (Lipinski definition) is 4. The van der Waals surface area contributed by atoms with Crippen molar-refractivity contribution in [3.05, 3.63) is 53.1 Å². The third-order valence-corrected chi connectivity index (χ3v) is 4.19. The summed E-state index contributed by atoms with van der Waals surface area (Å²) in [6.07, 6.45) is 0.108. The molecule has 24 heavy (non-hydrogen) atoms. The summed E-state index contributed by atoms with van der Waals surface area (Å²) in [5, 5.41) is 3.48. The minimum atomic E-state index is -0.583. The number of aryl methyl sites for hydroxylation is 1. The zero-order valence-corrected chi connectivity index (χ0v) is 14.1. The number of nitrogens with one attached hydrogen (secondary N) is 1. The van der Waals surface area contributed by atoms with Crippen molar-refractivity contribution in [2.24, 2.45) is 0 Å². The van der Waals surface area contributed by atoms with Crippen molar-refractivity contribution in [3.63, 3.8) is 0 Å². The number of carbonyl (C=O) groups excluding carboxylic acids is 2. The van der Waals surface area contributed by atoms with Gasteiger partial charge in [0.25, 0.3) is 5.91 Å². The third-order valence-electron chi connectivity index (χ3n) is 3.90. The quantitative estimate of drug-likeness (QED) is 0.864. The number of nitrogens with zero attached hydrogens (tertiary/aromatic N) is 1. The minimum absolute atomic E-state index is 0.108. The van der Waals surface area contributed by atoms with Crippen LogP contribution in [0.15, 0.2) is 42.5 Å². The topological polar surface area (TPSA) is 58.6 Å². The van der Waals surface area contributed by atoms with Gasteiger partial charge in [0.05, 0.1) is 24.2 Å². The lowest BCUT2D eigenvalue weighted by atomic mass is 10.2. The van der Waals surface area contributed by atoms with Crippen molar-refractivity contribution in [3.8, 4) is 5.75 Å². The van der Waals surface area contributed by atoms with Gasteiger partial charge < -0.3 is 10.1 Å². The fourth-order valence-corrected chi connectivity index (χ4v) is 3.00. The first-order valence-electron chi connectivity index (χ1n) is 7.53. The van der Waals surface area contributed by atoms with Gasteiger partial charge in [0, 0.05) is 5.69 Å². The number of rotatable bonds is 4. The molecule has 1 N–H and O–H groups in total. The lowest BCUT2D eigenvalue weighted by Crippen LogP contribution is -2.34. The zero-order chi connectivity index (χ0) is 17.3. The maximum atomic E-state index is 12.6. The Hall–Kier alpha value is -2.53. The van der Waals surface area contributed by atoms with Crippen molar-refractivity contribution in [2.45, 2.75) is 19.4 Å². The Morgan fingerprint density at radius 1 is 1.21 bits per heavy atom. The van der Waals surface area contributed by atoms with Crippen molar-refractivity contribution >= 4 is 34.8 Å². The van der Waals surface area contributed by atoms with E-state index in [0.29, 0.717) is 16.5 Å². The van der Waals surface area contributed by atoms with Crippen LogP contribution in [0.4, 0.5) is 11.4 Å². The number of hydrogen-bond donors (Lipinski definition) is 1. The average Bonchev–Trinajstić information content (AvgIpc) is 2.81. The summed E-state index contributed by atoms with van der Waals surface area (Å²) in [5.41, 5.74) is 2.34. The summed E-state index contributed by atoms with van der Waals surface area (Å²) in [4.78, 5) is 26.1. The standard InChI is InChI=1S/C18H17ClN2O3/c1-11-4-3-5-12(8-11)20-15-10-17(22)21(18(15)23)13-6-7-16(24-2)14(19)9-13/h3-9,15,20H,10H2,1-2H3/t15-/m0/s1. The number of imide groups is 1. The molecule has 1 saturated heterocycles. The molecule has 0 aromatic heterocycles. The van der Waals surface area contributed by atoms with Crippen LogP contribution in [0.5, 0.6) is 5.75 Å². The normalized spacial score (nSPS) is 17.3. The Morgan fingerprint density at radius 2 is 2.00 bits per heavy atom. The second-order valence-electron chi connectivity index (χ2n) is 5.66. The van der Waals surface area contributed by atoms with Crippen molar-refractivity contribution in [2.75, 3.05) is 17.3 Å². The molecule has 0 unspecified atom stereocenters. The van der Waals surface area contributed by atoms with Crippen molar-refractivity contribution in [1.82, 2.24) is 0 Å². The predicted octanol–water partition coefficient (Wildman–Crippen LogP) is 3.40. The molecule has 0 radical (unpaired) electrons. The molecule has 1 aliphatic heterocycles. The van der Waals surface area contributed by atoms with E-state index in [9.17, 15) is 9.59 Å². The molecule has 1 heterocycles. The lowest BCUT2D eigenvalue weighted by Gasteiger charge is -2.17. The van der Waals surface area contributed by atoms with Gasteiger partial charge in [-0.3, -0.25) is 9.59 Å². The van der Waals surface area contributed by atoms with Gasteiger partial charge in [-0.15, -0.1) is 0 Å². The van der Waals surface area contributed by atoms with Crippen LogP contribution < -0.4 is 15.0 Å². The van der Waals surface area contributed by atoms with Gasteiger partial charge in [-0.1, -0.05) is 23.7 Å². The molecule has 0 aliphatic carbocycles. The molecule has 124 valence electrons. The van der Waals surface area contributed by atoms with Crippen molar-refractivity contribution < 1.29 is 14.3 Å². The van der Waals surface area contributed by atoms with Gasteiger partial charge in [0.2, 0.25) is 5.91 Å². The van der Waals surface area contributed by atoms with Gasteiger partial charge in [0.15, 0.2) is 0 Å². The number of ether oxygens (including phenoxy) is 1. The van der Waals surface area contributed by atoms with Crippen LogP contribution in [-0.4, -0.2) is 25.0 Å². The summed E-state index contributed by atoms with van der Waals surface area (Å²) in [6, 6.07) is 11.9. The highest BCUT2D eigenvalue weighted by Gasteiger charge is 2.39. The van der Waals surface area contributed by atoms with Crippen molar-refractivity contribution in [1.29, 1.82) is 0 Å². The summed E-state index contributed by atoms with van der Waals surface area (Å²) in [6.45, 7) is 1.97. The highest BCUT2D eigenvalue weighted by Crippen LogP contribution is 2.32. The van der Waals surface area contributed by atoms with E-state index in [1.54, 1.807) is 18.2 Å². The Morgan fingerprint density at radius 3 is 2.67 bits per heavy atom. The van der Waals surface area contributed by atoms with E-state index in [1.165, 1.54) is 12.0 Å². The van der Waals surface area contributed by atoms with Gasteiger partial charge in [0.1, 0.15) is 11.8 Å². The van der Waals surface area contributed by atoms with E-state index < -0.39 is 6.04 Å². The molecule has 1 fully saturated rings. The third kappa shape index (κ3) is 3.08. The molecule has 6 heteroatoms. The fourth-order valence-electron chi connectivity index (χ4n) is 2.75. The summed E-state index contributed by atoms with van der Waals surface area (Å²) < 4.78 is 5.09. The van der Waals surface area contributed by atoms with E-state index in [2.05, 4.69) is 5.32 Å². The van der Waals surface area contributed by atoms with Crippen LogP contribution in [0.1, 0.15) is 12.0 Å². The first-order chi connectivity index (χ1) is 11.5. The molecule has 2 amide bonds. The molecule has 1 aliphatic rings. The summed E-state index contributed by atoms with van der Waals surface area (Å²) in [7, 11) is 1.51. The minimum Gasteiger partial charge on any atom is -0.495 e. The van der Waals surface area contributed by atoms with Gasteiger partial charge in [-0.25, -0.2) is 4.90 Å². The Labute approximate surface area is 145 Å². The zero-order valence-electron chi connectivity index (χ0n) is 13.4. The number of methoxy groups -OCH3 is 1. The van der Waals surface area contributed by atoms with Crippen LogP contribution in [0, 0.1) is 6.92 Å². The fraction of sp³-hybridized carbons (Fsp3) is 0.222. The summed E-state index contributed by atoms with van der Waals surface area (Å²) in [5.74, 6) is -0.0527. The number of amides is 2. The predicted molar refractivity (Wildman–Crippen MR) is 93.7 cm³/mol. The van der Waals surface area contributed by atoms with Crippen LogP contribution in [0.2, 0.25) is 5.02 Å². The maximum absolute atomic E-state index is 12.6. The van der Waals surface area contributed by atoms with E-state index in [1.807, 2.05) is 31.2 Å². The molecule has 3 rings (SSSR count). The van der Waals surface area contributed by atoms with Crippen LogP contribution >= 0.6 is 11.6 Å². The largest absolute Gasteiger partial charge is 0.495 e. The maximum Gasteiger partial charge on any atom is 0.256 e. The SMILES string of the molecule is COc1ccc(N2C(=O)C[C@H](Nc3cccc(C)c3)C2=O)cc1Cl. The number of benzene rings is 2. The molecule has 0 saturated carbocycles. The summed E-state index contributed by atoms with van der Waals surface area (Å²) >= 11 is 6.10. The molecule has 5 nitrogen and oxygen atoms in total. The smallest absolute Gasteiger partial charge is 0.256 e. The molecule has 2 aromatic carbocycles. The van der Waals surface area contributed by atoms with Gasteiger partial charge in [-0.2, -0.15) is 0 Å². The van der Waals surface area contributed by atoms with Gasteiger partial charge in [-0.05, 0) is 42.8 Å². The first kappa shape index (κ1) is 16.3. The second-order valence-corrected chi connectivity index (χ2v) is 6.06. The number of halogens is 1. The molecule has 0 spiro atoms. The second kappa shape index (κ2) is 6.53. The van der Waals surface area contributed by atoms with E-state index >= 15 is 0 Å². The highest BCUT2D eigenvalue weighted by atomic mass is 35.5. The molecular weight excluding hydrogens is 328 g/mol. The molecular formula is C18H17ClN2O3. The van der Waals surface area contributed by atoms with Crippen LogP contribution in [0.25, 0.3) is 0 Å². The van der Waals surface area contributed by atoms with Crippen LogP contribution in [-0.2, 0) is 9.59 Å². The average molecular weight is 345 g/mol.